The van der Waals surface area contributed by atoms with E-state index in [0.29, 0.717) is 30.2 Å². The van der Waals surface area contributed by atoms with E-state index in [4.69, 9.17) is 5.73 Å². The summed E-state index contributed by atoms with van der Waals surface area (Å²) in [5.41, 5.74) is 10.9. The summed E-state index contributed by atoms with van der Waals surface area (Å²) in [5.74, 6) is 0.580. The van der Waals surface area contributed by atoms with Crippen molar-refractivity contribution in [2.75, 3.05) is 11.1 Å². The Morgan fingerprint density at radius 2 is 1.77 bits per heavy atom. The van der Waals surface area contributed by atoms with E-state index in [9.17, 15) is 4.79 Å². The molecule has 0 unspecified atom stereocenters. The Hall–Kier alpha value is -4.06. The largest absolute Gasteiger partial charge is 0.398 e. The zero-order chi connectivity index (χ0) is 20.8. The van der Waals surface area contributed by atoms with Gasteiger partial charge in [-0.25, -0.2) is 9.97 Å². The van der Waals surface area contributed by atoms with E-state index in [1.54, 1.807) is 18.6 Å². The molecule has 0 saturated carbocycles. The zero-order valence-corrected chi connectivity index (χ0v) is 16.3. The molecule has 0 amide bonds. The number of rotatable bonds is 7. The van der Waals surface area contributed by atoms with Gasteiger partial charge in [0.15, 0.2) is 5.78 Å². The number of Topliss-reactive ketones (excluding diaryl/α,β-unsaturated/α-hetero) is 1. The van der Waals surface area contributed by atoms with Crippen molar-refractivity contribution in [2.45, 2.75) is 13.0 Å². The van der Waals surface area contributed by atoms with Crippen LogP contribution in [0.15, 0.2) is 85.3 Å². The van der Waals surface area contributed by atoms with Crippen molar-refractivity contribution in [1.82, 2.24) is 15.0 Å². The van der Waals surface area contributed by atoms with Gasteiger partial charge in [-0.3, -0.25) is 9.78 Å². The molecule has 6 heteroatoms. The summed E-state index contributed by atoms with van der Waals surface area (Å²) in [6, 6.07) is 20.7. The normalized spacial score (nSPS) is 10.5. The van der Waals surface area contributed by atoms with Crippen LogP contribution in [-0.2, 0) is 13.0 Å². The Morgan fingerprint density at radius 1 is 0.933 bits per heavy atom. The van der Waals surface area contributed by atoms with Gasteiger partial charge in [-0.15, -0.1) is 0 Å². The van der Waals surface area contributed by atoms with Crippen molar-refractivity contribution < 1.29 is 4.79 Å². The van der Waals surface area contributed by atoms with Crippen molar-refractivity contribution in [1.29, 1.82) is 0 Å². The number of carbonyl (C=O) groups excluding carboxylic acids is 1. The van der Waals surface area contributed by atoms with Gasteiger partial charge in [0.25, 0.3) is 0 Å². The fourth-order valence-corrected chi connectivity index (χ4v) is 3.08. The number of hydrogen-bond donors (Lipinski definition) is 2. The number of para-hydroxylation sites is 1. The number of nitrogens with one attached hydrogen (secondary N) is 1. The van der Waals surface area contributed by atoms with E-state index in [0.717, 1.165) is 22.4 Å². The molecule has 30 heavy (non-hydrogen) atoms. The summed E-state index contributed by atoms with van der Waals surface area (Å²) in [5, 5.41) is 3.22. The summed E-state index contributed by atoms with van der Waals surface area (Å²) in [4.78, 5) is 25.5. The number of carbonyl (C=O) groups is 1. The second-order valence-corrected chi connectivity index (χ2v) is 6.86. The summed E-state index contributed by atoms with van der Waals surface area (Å²) in [6.45, 7) is 0.552. The molecule has 0 aliphatic rings. The number of ketones is 1. The van der Waals surface area contributed by atoms with Crippen molar-refractivity contribution in [3.8, 4) is 11.3 Å². The number of anilines is 2. The molecule has 0 fully saturated rings. The summed E-state index contributed by atoms with van der Waals surface area (Å²) in [7, 11) is 0. The van der Waals surface area contributed by atoms with Crippen LogP contribution in [0.5, 0.6) is 0 Å². The van der Waals surface area contributed by atoms with Crippen LogP contribution in [-0.4, -0.2) is 20.7 Å². The second-order valence-electron chi connectivity index (χ2n) is 6.86. The molecule has 2 aromatic heterocycles. The Kier molecular flexibility index (Phi) is 5.75. The lowest BCUT2D eigenvalue weighted by molar-refractivity contribution is 0.0993. The van der Waals surface area contributed by atoms with Crippen LogP contribution >= 0.6 is 0 Å². The van der Waals surface area contributed by atoms with E-state index < -0.39 is 0 Å². The molecule has 0 bridgehead atoms. The first-order valence-corrected chi connectivity index (χ1v) is 9.62. The minimum absolute atomic E-state index is 0.0416. The van der Waals surface area contributed by atoms with Gasteiger partial charge in [-0.05, 0) is 35.4 Å². The minimum Gasteiger partial charge on any atom is -0.398 e. The van der Waals surface area contributed by atoms with Crippen LogP contribution in [0.1, 0.15) is 21.5 Å². The van der Waals surface area contributed by atoms with Crippen molar-refractivity contribution in [3.63, 3.8) is 0 Å². The van der Waals surface area contributed by atoms with E-state index in [2.05, 4.69) is 20.3 Å². The maximum atomic E-state index is 12.5. The van der Waals surface area contributed by atoms with Crippen molar-refractivity contribution >= 4 is 17.4 Å². The van der Waals surface area contributed by atoms with Crippen LogP contribution in [0.3, 0.4) is 0 Å². The predicted octanol–water partition coefficient (Wildman–Crippen LogP) is 4.16. The van der Waals surface area contributed by atoms with Gasteiger partial charge >= 0.3 is 0 Å². The number of aromatic nitrogens is 3. The standard InChI is InChI=1S/C24H21N5O/c25-21-6-2-1-4-19(21)14-23(30)18-9-7-17(8-10-18)15-28-24-27-13-11-22(29-24)20-5-3-12-26-16-20/h1-13,16H,14-15,25H2,(H,27,28,29). The average Bonchev–Trinajstić information content (AvgIpc) is 2.80. The number of nitrogens with zero attached hydrogens (tertiary/aromatic N) is 3. The Morgan fingerprint density at radius 3 is 2.53 bits per heavy atom. The van der Waals surface area contributed by atoms with Crippen LogP contribution in [0.25, 0.3) is 11.3 Å². The van der Waals surface area contributed by atoms with E-state index in [1.165, 1.54) is 0 Å². The number of pyridine rings is 1. The number of benzene rings is 2. The SMILES string of the molecule is Nc1ccccc1CC(=O)c1ccc(CNc2nccc(-c3cccnc3)n2)cc1. The molecular formula is C24H21N5O. The maximum absolute atomic E-state index is 12.5. The third-order valence-corrected chi connectivity index (χ3v) is 4.75. The van der Waals surface area contributed by atoms with Crippen molar-refractivity contribution in [3.05, 3.63) is 102 Å². The molecule has 0 aliphatic heterocycles. The number of nitrogen functional groups attached to an aromatic ring is 1. The van der Waals surface area contributed by atoms with E-state index in [-0.39, 0.29) is 5.78 Å². The van der Waals surface area contributed by atoms with Gasteiger partial charge in [0.1, 0.15) is 0 Å². The first-order chi connectivity index (χ1) is 14.7. The highest BCUT2D eigenvalue weighted by Crippen LogP contribution is 2.17. The molecule has 0 radical (unpaired) electrons. The molecule has 2 heterocycles. The lowest BCUT2D eigenvalue weighted by Crippen LogP contribution is -2.07. The molecule has 148 valence electrons. The van der Waals surface area contributed by atoms with Gasteiger partial charge in [0.05, 0.1) is 5.69 Å². The number of hydrogen-bond acceptors (Lipinski definition) is 6. The smallest absolute Gasteiger partial charge is 0.223 e. The third kappa shape index (κ3) is 4.67. The second kappa shape index (κ2) is 8.96. The highest BCUT2D eigenvalue weighted by Gasteiger charge is 2.09. The summed E-state index contributed by atoms with van der Waals surface area (Å²) in [6.07, 6.45) is 5.51. The molecule has 0 aliphatic carbocycles. The number of nitrogens with two attached hydrogens (primary N) is 1. The van der Waals surface area contributed by atoms with Crippen LogP contribution in [0.4, 0.5) is 11.6 Å². The fourth-order valence-electron chi connectivity index (χ4n) is 3.08. The first-order valence-electron chi connectivity index (χ1n) is 9.62. The van der Waals surface area contributed by atoms with Gasteiger partial charge < -0.3 is 11.1 Å². The van der Waals surface area contributed by atoms with Crippen LogP contribution in [0.2, 0.25) is 0 Å². The average molecular weight is 395 g/mol. The van der Waals surface area contributed by atoms with Gasteiger partial charge in [0, 0.05) is 48.4 Å². The van der Waals surface area contributed by atoms with Crippen LogP contribution < -0.4 is 11.1 Å². The lowest BCUT2D eigenvalue weighted by Gasteiger charge is -2.08. The Balaban J connectivity index is 1.38. The van der Waals surface area contributed by atoms with E-state index in [1.807, 2.05) is 66.7 Å². The Labute approximate surface area is 174 Å². The molecule has 0 spiro atoms. The van der Waals surface area contributed by atoms with Gasteiger partial charge in [-0.1, -0.05) is 42.5 Å². The fraction of sp³-hybridized carbons (Fsp3) is 0.0833. The first kappa shape index (κ1) is 19.3. The molecule has 2 aromatic carbocycles. The lowest BCUT2D eigenvalue weighted by atomic mass is 10.0. The van der Waals surface area contributed by atoms with E-state index >= 15 is 0 Å². The topological polar surface area (TPSA) is 93.8 Å². The highest BCUT2D eigenvalue weighted by atomic mass is 16.1. The molecule has 6 nitrogen and oxygen atoms in total. The molecular weight excluding hydrogens is 374 g/mol. The highest BCUT2D eigenvalue weighted by molar-refractivity contribution is 5.98. The minimum atomic E-state index is 0.0416. The maximum Gasteiger partial charge on any atom is 0.223 e. The van der Waals surface area contributed by atoms with Gasteiger partial charge in [-0.2, -0.15) is 0 Å². The molecule has 4 aromatic rings. The van der Waals surface area contributed by atoms with Crippen LogP contribution in [0, 0.1) is 0 Å². The van der Waals surface area contributed by atoms with Crippen molar-refractivity contribution in [2.24, 2.45) is 0 Å². The third-order valence-electron chi connectivity index (χ3n) is 4.75. The molecule has 0 saturated heterocycles. The predicted molar refractivity (Wildman–Crippen MR) is 118 cm³/mol. The molecule has 4 rings (SSSR count). The summed E-state index contributed by atoms with van der Waals surface area (Å²) >= 11 is 0. The van der Waals surface area contributed by atoms with Gasteiger partial charge in [0.2, 0.25) is 5.95 Å². The monoisotopic (exact) mass is 395 g/mol. The quantitative estimate of drug-likeness (QED) is 0.360. The Bertz CT molecular complexity index is 1140. The summed E-state index contributed by atoms with van der Waals surface area (Å²) < 4.78 is 0. The zero-order valence-electron chi connectivity index (χ0n) is 16.3. The molecule has 0 atom stereocenters. The molecule has 3 N–H and O–H groups in total.